The van der Waals surface area contributed by atoms with E-state index in [2.05, 4.69) is 13.8 Å². The van der Waals surface area contributed by atoms with Gasteiger partial charge in [0.15, 0.2) is 0 Å². The second-order valence-electron chi connectivity index (χ2n) is 5.54. The highest BCUT2D eigenvalue weighted by molar-refractivity contribution is 5.75. The van der Waals surface area contributed by atoms with Crippen LogP contribution in [0, 0.1) is 11.3 Å². The Labute approximate surface area is 104 Å². The van der Waals surface area contributed by atoms with Crippen LogP contribution in [-0.2, 0) is 16.1 Å². The van der Waals surface area contributed by atoms with E-state index in [1.165, 1.54) is 0 Å². The molecule has 2 nitrogen and oxygen atoms in total. The molecule has 0 unspecified atom stereocenters. The van der Waals surface area contributed by atoms with Crippen molar-refractivity contribution in [2.45, 2.75) is 40.7 Å². The van der Waals surface area contributed by atoms with E-state index >= 15 is 0 Å². The van der Waals surface area contributed by atoms with Crippen molar-refractivity contribution in [3.8, 4) is 0 Å². The smallest absolute Gasteiger partial charge is 0.311 e. The van der Waals surface area contributed by atoms with Crippen molar-refractivity contribution >= 4 is 5.97 Å². The number of rotatable bonds is 5. The number of esters is 1. The van der Waals surface area contributed by atoms with Gasteiger partial charge in [-0.15, -0.1) is 0 Å². The Morgan fingerprint density at radius 3 is 2.35 bits per heavy atom. The first-order valence-corrected chi connectivity index (χ1v) is 6.13. The molecule has 0 radical (unpaired) electrons. The molecule has 0 aliphatic carbocycles. The predicted molar refractivity (Wildman–Crippen MR) is 69.5 cm³/mol. The summed E-state index contributed by atoms with van der Waals surface area (Å²) in [7, 11) is 0. The summed E-state index contributed by atoms with van der Waals surface area (Å²) in [5.74, 6) is 0.379. The summed E-state index contributed by atoms with van der Waals surface area (Å²) in [6.45, 7) is 8.49. The highest BCUT2D eigenvalue weighted by Gasteiger charge is 2.30. The number of hydrogen-bond acceptors (Lipinski definition) is 2. The van der Waals surface area contributed by atoms with Crippen LogP contribution in [0.2, 0.25) is 0 Å². The lowest BCUT2D eigenvalue weighted by molar-refractivity contribution is -0.156. The average molecular weight is 234 g/mol. The molecule has 0 aliphatic heterocycles. The number of benzene rings is 1. The molecule has 0 amide bonds. The zero-order valence-electron chi connectivity index (χ0n) is 11.2. The SMILES string of the molecule is CC(C)CC(C)(C)C(=O)OCc1ccccc1. The lowest BCUT2D eigenvalue weighted by atomic mass is 9.84. The van der Waals surface area contributed by atoms with Gasteiger partial charge in [0.25, 0.3) is 0 Å². The highest BCUT2D eigenvalue weighted by Crippen LogP contribution is 2.27. The molecular weight excluding hydrogens is 212 g/mol. The third-order valence-electron chi connectivity index (χ3n) is 2.68. The summed E-state index contributed by atoms with van der Waals surface area (Å²) < 4.78 is 5.35. The normalized spacial score (nSPS) is 11.6. The van der Waals surface area contributed by atoms with E-state index in [0.29, 0.717) is 12.5 Å². The fourth-order valence-electron chi connectivity index (χ4n) is 2.02. The minimum absolute atomic E-state index is 0.116. The molecule has 17 heavy (non-hydrogen) atoms. The first-order valence-electron chi connectivity index (χ1n) is 6.13. The van der Waals surface area contributed by atoms with Crippen molar-refractivity contribution in [3.63, 3.8) is 0 Å². The third kappa shape index (κ3) is 4.59. The molecule has 1 aromatic rings. The van der Waals surface area contributed by atoms with Crippen molar-refractivity contribution in [3.05, 3.63) is 35.9 Å². The molecule has 94 valence electrons. The Morgan fingerprint density at radius 2 is 1.82 bits per heavy atom. The van der Waals surface area contributed by atoms with Gasteiger partial charge < -0.3 is 4.74 Å². The van der Waals surface area contributed by atoms with E-state index in [0.717, 1.165) is 12.0 Å². The molecule has 0 saturated heterocycles. The van der Waals surface area contributed by atoms with E-state index in [1.54, 1.807) is 0 Å². The first-order chi connectivity index (χ1) is 7.92. The summed E-state index contributed by atoms with van der Waals surface area (Å²) in [5, 5.41) is 0. The summed E-state index contributed by atoms with van der Waals surface area (Å²) in [6.07, 6.45) is 0.848. The van der Waals surface area contributed by atoms with E-state index in [-0.39, 0.29) is 5.97 Å². The summed E-state index contributed by atoms with van der Waals surface area (Å²) in [5.41, 5.74) is 0.629. The molecule has 0 spiro atoms. The van der Waals surface area contributed by atoms with Gasteiger partial charge in [0.2, 0.25) is 0 Å². The maximum atomic E-state index is 12.0. The minimum Gasteiger partial charge on any atom is -0.460 e. The molecule has 1 aromatic carbocycles. The van der Waals surface area contributed by atoms with Crippen molar-refractivity contribution in [2.75, 3.05) is 0 Å². The molecule has 0 aliphatic rings. The maximum absolute atomic E-state index is 12.0. The number of ether oxygens (including phenoxy) is 1. The highest BCUT2D eigenvalue weighted by atomic mass is 16.5. The molecular formula is C15H22O2. The molecule has 0 atom stereocenters. The average Bonchev–Trinajstić information content (AvgIpc) is 2.25. The van der Waals surface area contributed by atoms with Gasteiger partial charge >= 0.3 is 5.97 Å². The fourth-order valence-corrected chi connectivity index (χ4v) is 2.02. The Morgan fingerprint density at radius 1 is 1.24 bits per heavy atom. The summed E-state index contributed by atoms with van der Waals surface area (Å²) >= 11 is 0. The summed E-state index contributed by atoms with van der Waals surface area (Å²) in [4.78, 5) is 12.0. The Balaban J connectivity index is 2.49. The van der Waals surface area contributed by atoms with Crippen LogP contribution in [-0.4, -0.2) is 5.97 Å². The lowest BCUT2D eigenvalue weighted by Gasteiger charge is -2.24. The van der Waals surface area contributed by atoms with Crippen molar-refractivity contribution in [2.24, 2.45) is 11.3 Å². The molecule has 0 heterocycles. The monoisotopic (exact) mass is 234 g/mol. The second-order valence-corrected chi connectivity index (χ2v) is 5.54. The predicted octanol–water partition coefficient (Wildman–Crippen LogP) is 3.80. The van der Waals surface area contributed by atoms with Gasteiger partial charge in [-0.1, -0.05) is 44.2 Å². The summed E-state index contributed by atoms with van der Waals surface area (Å²) in [6, 6.07) is 9.77. The van der Waals surface area contributed by atoms with Crippen LogP contribution in [0.1, 0.15) is 39.7 Å². The second kappa shape index (κ2) is 5.85. The molecule has 0 aromatic heterocycles. The Hall–Kier alpha value is -1.31. The Bertz CT molecular complexity index is 352. The topological polar surface area (TPSA) is 26.3 Å². The quantitative estimate of drug-likeness (QED) is 0.724. The zero-order valence-corrected chi connectivity index (χ0v) is 11.2. The van der Waals surface area contributed by atoms with Crippen LogP contribution >= 0.6 is 0 Å². The largest absolute Gasteiger partial charge is 0.460 e. The molecule has 1 rings (SSSR count). The molecule has 2 heteroatoms. The van der Waals surface area contributed by atoms with E-state index in [1.807, 2.05) is 44.2 Å². The number of hydrogen-bond donors (Lipinski definition) is 0. The fraction of sp³-hybridized carbons (Fsp3) is 0.533. The van der Waals surface area contributed by atoms with Crippen molar-refractivity contribution in [1.29, 1.82) is 0 Å². The molecule has 0 bridgehead atoms. The van der Waals surface area contributed by atoms with Crippen LogP contribution < -0.4 is 0 Å². The third-order valence-corrected chi connectivity index (χ3v) is 2.68. The van der Waals surface area contributed by atoms with Crippen LogP contribution in [0.4, 0.5) is 0 Å². The van der Waals surface area contributed by atoms with Gasteiger partial charge in [-0.25, -0.2) is 0 Å². The van der Waals surface area contributed by atoms with Crippen molar-refractivity contribution < 1.29 is 9.53 Å². The van der Waals surface area contributed by atoms with E-state index < -0.39 is 5.41 Å². The molecule has 0 saturated carbocycles. The van der Waals surface area contributed by atoms with Gasteiger partial charge in [0.1, 0.15) is 6.61 Å². The van der Waals surface area contributed by atoms with Crippen LogP contribution in [0.5, 0.6) is 0 Å². The van der Waals surface area contributed by atoms with Crippen LogP contribution in [0.3, 0.4) is 0 Å². The van der Waals surface area contributed by atoms with E-state index in [4.69, 9.17) is 4.74 Å². The Kier molecular flexibility index (Phi) is 4.73. The molecule has 0 fully saturated rings. The van der Waals surface area contributed by atoms with Gasteiger partial charge in [0.05, 0.1) is 5.41 Å². The van der Waals surface area contributed by atoms with Gasteiger partial charge in [-0.05, 0) is 31.7 Å². The zero-order chi connectivity index (χ0) is 12.9. The van der Waals surface area contributed by atoms with Crippen molar-refractivity contribution in [1.82, 2.24) is 0 Å². The standard InChI is InChI=1S/C15H22O2/c1-12(2)10-15(3,4)14(16)17-11-13-8-6-5-7-9-13/h5-9,12H,10-11H2,1-4H3. The van der Waals surface area contributed by atoms with Gasteiger partial charge in [-0.3, -0.25) is 4.79 Å². The maximum Gasteiger partial charge on any atom is 0.311 e. The number of carbonyl (C=O) groups is 1. The lowest BCUT2D eigenvalue weighted by Crippen LogP contribution is -2.28. The molecule has 0 N–H and O–H groups in total. The first kappa shape index (κ1) is 13.8. The number of carbonyl (C=O) groups excluding carboxylic acids is 1. The van der Waals surface area contributed by atoms with Crippen LogP contribution in [0.25, 0.3) is 0 Å². The van der Waals surface area contributed by atoms with Gasteiger partial charge in [0, 0.05) is 0 Å². The van der Waals surface area contributed by atoms with Gasteiger partial charge in [-0.2, -0.15) is 0 Å². The van der Waals surface area contributed by atoms with E-state index in [9.17, 15) is 4.79 Å². The van der Waals surface area contributed by atoms with Crippen LogP contribution in [0.15, 0.2) is 30.3 Å². The minimum atomic E-state index is -0.400.